The van der Waals surface area contributed by atoms with Crippen LogP contribution in [0.25, 0.3) is 0 Å². The Morgan fingerprint density at radius 3 is 2.25 bits per heavy atom. The second kappa shape index (κ2) is 7.77. The molecule has 2 rings (SSSR count). The lowest BCUT2D eigenvalue weighted by atomic mass is 10.0. The van der Waals surface area contributed by atoms with E-state index in [0.29, 0.717) is 6.04 Å². The molecule has 3 nitrogen and oxygen atoms in total. The fourth-order valence-corrected chi connectivity index (χ4v) is 3.07. The van der Waals surface area contributed by atoms with Gasteiger partial charge in [-0.2, -0.15) is 0 Å². The first kappa shape index (κ1) is 15.5. The van der Waals surface area contributed by atoms with Gasteiger partial charge in [-0.3, -0.25) is 9.80 Å². The van der Waals surface area contributed by atoms with Gasteiger partial charge in [-0.05, 0) is 17.9 Å². The Morgan fingerprint density at radius 1 is 1.05 bits per heavy atom. The van der Waals surface area contributed by atoms with E-state index in [-0.39, 0.29) is 0 Å². The number of hydrogen-bond donors (Lipinski definition) is 1. The smallest absolute Gasteiger partial charge is 0.0234 e. The predicted molar refractivity (Wildman–Crippen MR) is 85.6 cm³/mol. The molecule has 1 atom stereocenters. The van der Waals surface area contributed by atoms with Crippen molar-refractivity contribution in [1.82, 2.24) is 9.80 Å². The molecule has 1 aromatic rings. The van der Waals surface area contributed by atoms with E-state index in [1.165, 1.54) is 12.0 Å². The summed E-state index contributed by atoms with van der Waals surface area (Å²) in [6.07, 6.45) is 1.22. The number of hydrogen-bond acceptors (Lipinski definition) is 3. The van der Waals surface area contributed by atoms with Gasteiger partial charge in [-0.25, -0.2) is 0 Å². The van der Waals surface area contributed by atoms with Crippen molar-refractivity contribution in [1.29, 1.82) is 0 Å². The van der Waals surface area contributed by atoms with Gasteiger partial charge >= 0.3 is 0 Å². The molecule has 0 radical (unpaired) electrons. The Labute approximate surface area is 123 Å². The zero-order chi connectivity index (χ0) is 14.4. The van der Waals surface area contributed by atoms with Crippen molar-refractivity contribution in [2.24, 2.45) is 11.7 Å². The van der Waals surface area contributed by atoms with Crippen LogP contribution in [0.15, 0.2) is 30.3 Å². The summed E-state index contributed by atoms with van der Waals surface area (Å²) in [6, 6.07) is 11.3. The summed E-state index contributed by atoms with van der Waals surface area (Å²) in [5.74, 6) is 0.728. The highest BCUT2D eigenvalue weighted by Gasteiger charge is 2.23. The van der Waals surface area contributed by atoms with Crippen LogP contribution in [0.4, 0.5) is 0 Å². The van der Waals surface area contributed by atoms with E-state index in [1.807, 2.05) is 0 Å². The van der Waals surface area contributed by atoms with E-state index in [9.17, 15) is 0 Å². The highest BCUT2D eigenvalue weighted by Crippen LogP contribution is 2.15. The van der Waals surface area contributed by atoms with Crippen molar-refractivity contribution >= 4 is 0 Å². The zero-order valence-electron chi connectivity index (χ0n) is 13.0. The second-order valence-electron chi connectivity index (χ2n) is 6.32. The average Bonchev–Trinajstić information content (AvgIpc) is 2.46. The van der Waals surface area contributed by atoms with Crippen molar-refractivity contribution in [3.8, 4) is 0 Å². The van der Waals surface area contributed by atoms with Gasteiger partial charge in [0, 0.05) is 45.3 Å². The summed E-state index contributed by atoms with van der Waals surface area (Å²) in [5.41, 5.74) is 7.37. The molecular weight excluding hydrogens is 246 g/mol. The summed E-state index contributed by atoms with van der Waals surface area (Å²) >= 11 is 0. The van der Waals surface area contributed by atoms with Gasteiger partial charge in [0.05, 0.1) is 0 Å². The maximum atomic E-state index is 5.95. The zero-order valence-corrected chi connectivity index (χ0v) is 13.0. The van der Waals surface area contributed by atoms with Gasteiger partial charge in [0.15, 0.2) is 0 Å². The molecule has 1 aliphatic rings. The minimum absolute atomic E-state index is 0.564. The third-order valence-electron chi connectivity index (χ3n) is 4.19. The number of rotatable bonds is 6. The fraction of sp³-hybridized carbons (Fsp3) is 0.647. The van der Waals surface area contributed by atoms with Crippen LogP contribution < -0.4 is 5.73 Å². The van der Waals surface area contributed by atoms with Gasteiger partial charge in [0.2, 0.25) is 0 Å². The van der Waals surface area contributed by atoms with Crippen molar-refractivity contribution in [2.45, 2.75) is 32.9 Å². The van der Waals surface area contributed by atoms with Crippen LogP contribution in [-0.2, 0) is 6.54 Å². The SMILES string of the molecule is CC(C)CC(CN)N1CCN(Cc2ccccc2)CC1. The molecule has 1 saturated heterocycles. The molecule has 0 amide bonds. The molecule has 0 bridgehead atoms. The molecule has 0 aromatic heterocycles. The van der Waals surface area contributed by atoms with E-state index in [1.54, 1.807) is 0 Å². The number of piperazine rings is 1. The van der Waals surface area contributed by atoms with Crippen LogP contribution in [-0.4, -0.2) is 48.6 Å². The van der Waals surface area contributed by atoms with Crippen LogP contribution in [0.3, 0.4) is 0 Å². The Bertz CT molecular complexity index is 369. The first-order chi connectivity index (χ1) is 9.69. The minimum Gasteiger partial charge on any atom is -0.329 e. The molecule has 2 N–H and O–H groups in total. The van der Waals surface area contributed by atoms with E-state index in [4.69, 9.17) is 5.73 Å². The number of benzene rings is 1. The van der Waals surface area contributed by atoms with Crippen molar-refractivity contribution in [2.75, 3.05) is 32.7 Å². The molecule has 0 aliphatic carbocycles. The van der Waals surface area contributed by atoms with Crippen LogP contribution >= 0.6 is 0 Å². The van der Waals surface area contributed by atoms with Crippen LogP contribution in [0.2, 0.25) is 0 Å². The maximum absolute atomic E-state index is 5.95. The molecule has 0 spiro atoms. The van der Waals surface area contributed by atoms with Gasteiger partial charge in [-0.15, -0.1) is 0 Å². The summed E-state index contributed by atoms with van der Waals surface area (Å²) in [4.78, 5) is 5.14. The van der Waals surface area contributed by atoms with Crippen molar-refractivity contribution in [3.63, 3.8) is 0 Å². The van der Waals surface area contributed by atoms with Crippen LogP contribution in [0.5, 0.6) is 0 Å². The molecule has 112 valence electrons. The summed E-state index contributed by atoms with van der Waals surface area (Å²) in [7, 11) is 0. The normalized spacial score (nSPS) is 19.4. The first-order valence-corrected chi connectivity index (χ1v) is 7.89. The molecular formula is C17H29N3. The predicted octanol–water partition coefficient (Wildman–Crippen LogP) is 2.18. The Kier molecular flexibility index (Phi) is 6.02. The van der Waals surface area contributed by atoms with E-state index < -0.39 is 0 Å². The molecule has 1 unspecified atom stereocenters. The lowest BCUT2D eigenvalue weighted by Crippen LogP contribution is -2.52. The molecule has 20 heavy (non-hydrogen) atoms. The maximum Gasteiger partial charge on any atom is 0.0234 e. The third-order valence-corrected chi connectivity index (χ3v) is 4.19. The second-order valence-corrected chi connectivity index (χ2v) is 6.32. The van der Waals surface area contributed by atoms with Crippen LogP contribution in [0, 0.1) is 5.92 Å². The molecule has 1 aliphatic heterocycles. The molecule has 1 fully saturated rings. The van der Waals surface area contributed by atoms with Gasteiger partial charge in [0.1, 0.15) is 0 Å². The van der Waals surface area contributed by atoms with Gasteiger partial charge < -0.3 is 5.73 Å². The van der Waals surface area contributed by atoms with Gasteiger partial charge in [-0.1, -0.05) is 44.2 Å². The highest BCUT2D eigenvalue weighted by molar-refractivity contribution is 5.14. The average molecular weight is 275 g/mol. The van der Waals surface area contributed by atoms with E-state index in [2.05, 4.69) is 54.0 Å². The Hall–Kier alpha value is -0.900. The van der Waals surface area contributed by atoms with E-state index in [0.717, 1.165) is 45.2 Å². The molecule has 3 heteroatoms. The third kappa shape index (κ3) is 4.58. The minimum atomic E-state index is 0.564. The first-order valence-electron chi connectivity index (χ1n) is 7.89. The standard InChI is InChI=1S/C17H29N3/c1-15(2)12-17(13-18)20-10-8-19(9-11-20)14-16-6-4-3-5-7-16/h3-7,15,17H,8-14,18H2,1-2H3. The quantitative estimate of drug-likeness (QED) is 0.863. The summed E-state index contributed by atoms with van der Waals surface area (Å²) < 4.78 is 0. The Balaban J connectivity index is 1.79. The number of nitrogens with zero attached hydrogens (tertiary/aromatic N) is 2. The van der Waals surface area contributed by atoms with Crippen LogP contribution in [0.1, 0.15) is 25.8 Å². The van der Waals surface area contributed by atoms with Crippen molar-refractivity contribution < 1.29 is 0 Å². The molecule has 1 heterocycles. The lowest BCUT2D eigenvalue weighted by Gasteiger charge is -2.39. The highest BCUT2D eigenvalue weighted by atomic mass is 15.3. The fourth-order valence-electron chi connectivity index (χ4n) is 3.07. The van der Waals surface area contributed by atoms with Crippen molar-refractivity contribution in [3.05, 3.63) is 35.9 Å². The lowest BCUT2D eigenvalue weighted by molar-refractivity contribution is 0.0858. The Morgan fingerprint density at radius 2 is 1.70 bits per heavy atom. The molecule has 1 aromatic carbocycles. The van der Waals surface area contributed by atoms with Gasteiger partial charge in [0.25, 0.3) is 0 Å². The summed E-state index contributed by atoms with van der Waals surface area (Å²) in [6.45, 7) is 11.1. The monoisotopic (exact) mass is 275 g/mol. The summed E-state index contributed by atoms with van der Waals surface area (Å²) in [5, 5.41) is 0. The van der Waals surface area contributed by atoms with E-state index >= 15 is 0 Å². The largest absolute Gasteiger partial charge is 0.329 e. The molecule has 0 saturated carbocycles. The number of nitrogens with two attached hydrogens (primary N) is 1. The topological polar surface area (TPSA) is 32.5 Å².